The van der Waals surface area contributed by atoms with E-state index in [-0.39, 0.29) is 5.92 Å². The molecule has 3 aromatic carbocycles. The van der Waals surface area contributed by atoms with Gasteiger partial charge in [0.25, 0.3) is 0 Å². The zero-order valence-corrected chi connectivity index (χ0v) is 14.0. The minimum absolute atomic E-state index is 0.0941. The van der Waals surface area contributed by atoms with E-state index in [4.69, 9.17) is 0 Å². The Morgan fingerprint density at radius 3 is 1.32 bits per heavy atom. The zero-order chi connectivity index (χ0) is 17.3. The summed E-state index contributed by atoms with van der Waals surface area (Å²) >= 11 is 0. The van der Waals surface area contributed by atoms with Crippen molar-refractivity contribution in [2.75, 3.05) is 0 Å². The van der Waals surface area contributed by atoms with Crippen molar-refractivity contribution in [1.29, 1.82) is 0 Å². The molecule has 25 heavy (non-hydrogen) atoms. The summed E-state index contributed by atoms with van der Waals surface area (Å²) in [5.41, 5.74) is 0.0370. The highest BCUT2D eigenvalue weighted by atomic mass is 16.4. The highest BCUT2D eigenvalue weighted by Gasteiger charge is 2.58. The largest absolute Gasteiger partial charge is 0.382 e. The summed E-state index contributed by atoms with van der Waals surface area (Å²) < 4.78 is 0. The Hall–Kier alpha value is -2.42. The van der Waals surface area contributed by atoms with E-state index in [2.05, 4.69) is 12.1 Å². The molecule has 0 heterocycles. The molecule has 4 rings (SSSR count). The lowest BCUT2D eigenvalue weighted by Gasteiger charge is -2.39. The summed E-state index contributed by atoms with van der Waals surface area (Å²) in [4.78, 5) is 0. The van der Waals surface area contributed by atoms with Crippen LogP contribution < -0.4 is 0 Å². The second kappa shape index (κ2) is 6.14. The zero-order valence-electron chi connectivity index (χ0n) is 14.0. The van der Waals surface area contributed by atoms with Gasteiger partial charge < -0.3 is 10.2 Å². The maximum absolute atomic E-state index is 11.7. The van der Waals surface area contributed by atoms with Crippen molar-refractivity contribution >= 4 is 0 Å². The molecule has 1 saturated carbocycles. The Balaban J connectivity index is 1.84. The van der Waals surface area contributed by atoms with E-state index in [1.165, 1.54) is 0 Å². The molecule has 2 N–H and O–H groups in total. The van der Waals surface area contributed by atoms with Crippen molar-refractivity contribution in [2.45, 2.75) is 30.0 Å². The average Bonchev–Trinajstić information content (AvgIpc) is 2.97. The number of aliphatic hydroxyl groups is 2. The van der Waals surface area contributed by atoms with Crippen LogP contribution in [0.2, 0.25) is 0 Å². The van der Waals surface area contributed by atoms with Crippen LogP contribution in [0.3, 0.4) is 0 Å². The van der Waals surface area contributed by atoms with Gasteiger partial charge in [0.2, 0.25) is 0 Å². The van der Waals surface area contributed by atoms with Crippen molar-refractivity contribution in [3.63, 3.8) is 0 Å². The van der Waals surface area contributed by atoms with Crippen LogP contribution in [0.1, 0.15) is 35.4 Å². The van der Waals surface area contributed by atoms with Crippen LogP contribution >= 0.6 is 0 Å². The van der Waals surface area contributed by atoms with E-state index in [1.54, 1.807) is 0 Å². The highest BCUT2D eigenvalue weighted by Crippen LogP contribution is 2.57. The predicted molar refractivity (Wildman–Crippen MR) is 99.1 cm³/mol. The molecule has 0 radical (unpaired) electrons. The summed E-state index contributed by atoms with van der Waals surface area (Å²) in [6, 6.07) is 29.3. The normalized spacial score (nSPS) is 28.8. The van der Waals surface area contributed by atoms with Crippen LogP contribution in [-0.2, 0) is 11.2 Å². The lowest BCUT2D eigenvalue weighted by atomic mass is 9.76. The summed E-state index contributed by atoms with van der Waals surface area (Å²) in [5.74, 6) is 0.0941. The molecule has 1 unspecified atom stereocenters. The molecule has 1 aliphatic carbocycles. The van der Waals surface area contributed by atoms with Gasteiger partial charge in [-0.25, -0.2) is 0 Å². The van der Waals surface area contributed by atoms with E-state index in [0.717, 1.165) is 16.7 Å². The molecule has 0 spiro atoms. The van der Waals surface area contributed by atoms with Crippen LogP contribution in [0, 0.1) is 0 Å². The third kappa shape index (κ3) is 2.58. The van der Waals surface area contributed by atoms with Gasteiger partial charge in [0, 0.05) is 0 Å². The molecular weight excluding hydrogens is 308 g/mol. The van der Waals surface area contributed by atoms with Crippen LogP contribution in [0.5, 0.6) is 0 Å². The number of benzene rings is 3. The topological polar surface area (TPSA) is 40.5 Å². The number of hydrogen-bond acceptors (Lipinski definition) is 2. The van der Waals surface area contributed by atoms with E-state index in [0.29, 0.717) is 12.8 Å². The van der Waals surface area contributed by atoms with Crippen LogP contribution in [0.4, 0.5) is 0 Å². The first-order valence-corrected chi connectivity index (χ1v) is 8.74. The number of hydrogen-bond donors (Lipinski definition) is 2. The molecule has 0 aromatic heterocycles. The average molecular weight is 330 g/mol. The van der Waals surface area contributed by atoms with Gasteiger partial charge in [-0.3, -0.25) is 0 Å². The maximum Gasteiger partial charge on any atom is 0.123 e. The third-order valence-electron chi connectivity index (χ3n) is 5.54. The van der Waals surface area contributed by atoms with E-state index in [9.17, 15) is 10.2 Å². The van der Waals surface area contributed by atoms with Crippen molar-refractivity contribution in [2.24, 2.45) is 0 Å². The summed E-state index contributed by atoms with van der Waals surface area (Å²) in [6.45, 7) is 0. The van der Waals surface area contributed by atoms with Crippen molar-refractivity contribution in [3.05, 3.63) is 108 Å². The molecule has 0 aliphatic heterocycles. The summed E-state index contributed by atoms with van der Waals surface area (Å²) in [5, 5.41) is 23.4. The molecule has 1 fully saturated rings. The molecule has 0 bridgehead atoms. The molecule has 1 aliphatic rings. The Bertz CT molecular complexity index is 778. The molecule has 3 aromatic rings. The molecule has 126 valence electrons. The van der Waals surface area contributed by atoms with Gasteiger partial charge in [0.05, 0.1) is 0 Å². The third-order valence-corrected chi connectivity index (χ3v) is 5.54. The van der Waals surface area contributed by atoms with Crippen LogP contribution in [0.15, 0.2) is 91.0 Å². The molecule has 2 heteroatoms. The van der Waals surface area contributed by atoms with Crippen molar-refractivity contribution < 1.29 is 10.2 Å². The molecule has 0 saturated heterocycles. The van der Waals surface area contributed by atoms with Crippen LogP contribution in [0.25, 0.3) is 0 Å². The smallest absolute Gasteiger partial charge is 0.123 e. The second-order valence-electron chi connectivity index (χ2n) is 6.97. The van der Waals surface area contributed by atoms with Gasteiger partial charge in [0.1, 0.15) is 11.2 Å². The van der Waals surface area contributed by atoms with Gasteiger partial charge in [-0.15, -0.1) is 0 Å². The second-order valence-corrected chi connectivity index (χ2v) is 6.97. The lowest BCUT2D eigenvalue weighted by Crippen LogP contribution is -2.45. The number of rotatable bonds is 3. The van der Waals surface area contributed by atoms with Crippen molar-refractivity contribution in [1.82, 2.24) is 0 Å². The van der Waals surface area contributed by atoms with Crippen LogP contribution in [-0.4, -0.2) is 10.2 Å². The van der Waals surface area contributed by atoms with Gasteiger partial charge in [-0.2, -0.15) is 0 Å². The molecule has 2 nitrogen and oxygen atoms in total. The Kier molecular flexibility index (Phi) is 3.95. The minimum atomic E-state index is -1.32. The van der Waals surface area contributed by atoms with Gasteiger partial charge >= 0.3 is 0 Å². The lowest BCUT2D eigenvalue weighted by molar-refractivity contribution is -0.143. The predicted octanol–water partition coefficient (Wildman–Crippen LogP) is 4.34. The van der Waals surface area contributed by atoms with E-state index >= 15 is 0 Å². The summed E-state index contributed by atoms with van der Waals surface area (Å²) in [6.07, 6.45) is 0.985. The molecular formula is C23H22O2. The Morgan fingerprint density at radius 2 is 0.920 bits per heavy atom. The SMILES string of the molecule is O[C@@]1(c2ccccc2)CC(c2ccccc2)C[C@]1(O)c1ccccc1. The quantitative estimate of drug-likeness (QED) is 0.750. The van der Waals surface area contributed by atoms with Crippen molar-refractivity contribution in [3.8, 4) is 0 Å². The first-order valence-electron chi connectivity index (χ1n) is 8.74. The molecule has 0 amide bonds. The molecule has 3 atom stereocenters. The van der Waals surface area contributed by atoms with Gasteiger partial charge in [-0.05, 0) is 35.4 Å². The fourth-order valence-corrected chi connectivity index (χ4v) is 4.22. The maximum atomic E-state index is 11.7. The van der Waals surface area contributed by atoms with E-state index in [1.807, 2.05) is 78.9 Å². The Labute approximate surface area is 148 Å². The monoisotopic (exact) mass is 330 g/mol. The fraction of sp³-hybridized carbons (Fsp3) is 0.217. The Morgan fingerprint density at radius 1 is 0.560 bits per heavy atom. The van der Waals surface area contributed by atoms with E-state index < -0.39 is 11.2 Å². The fourth-order valence-electron chi connectivity index (χ4n) is 4.22. The highest BCUT2D eigenvalue weighted by molar-refractivity contribution is 5.39. The first-order chi connectivity index (χ1) is 12.1. The minimum Gasteiger partial charge on any atom is -0.382 e. The standard InChI is InChI=1S/C23H22O2/c24-22(20-12-6-2-7-13-20)16-19(18-10-4-1-5-11-18)17-23(22,25)21-14-8-3-9-15-21/h1-15,19,24-25H,16-17H2/t19?,22-,23+. The summed E-state index contributed by atoms with van der Waals surface area (Å²) in [7, 11) is 0. The van der Waals surface area contributed by atoms with Gasteiger partial charge in [-0.1, -0.05) is 91.0 Å². The first kappa shape index (κ1) is 16.1. The van der Waals surface area contributed by atoms with Gasteiger partial charge in [0.15, 0.2) is 0 Å².